The molecule has 1 fully saturated rings. The molecule has 0 N–H and O–H groups in total. The van der Waals surface area contributed by atoms with Crippen LogP contribution in [0.15, 0.2) is 12.4 Å². The Balaban J connectivity index is 2.16. The molecule has 88 valence electrons. The average Bonchev–Trinajstić information content (AvgIpc) is 2.28. The Hall–Kier alpha value is -0.870. The molecular formula is C11H16ClN3O. The maximum atomic E-state index is 5.75. The lowest BCUT2D eigenvalue weighted by molar-refractivity contribution is -0.00548. The van der Waals surface area contributed by atoms with Gasteiger partial charge in [-0.15, -0.1) is 11.6 Å². The highest BCUT2D eigenvalue weighted by atomic mass is 35.5. The van der Waals surface area contributed by atoms with Crippen molar-refractivity contribution in [2.75, 3.05) is 18.0 Å². The standard InChI is InChI=1S/C11H16ClN3O/c1-8-6-15(7-9(2)16-8)11-5-13-4-10(3-12)14-11/h4-5,8-9H,3,6-7H2,1-2H3/t8-,9+. The van der Waals surface area contributed by atoms with Gasteiger partial charge >= 0.3 is 0 Å². The molecule has 1 aromatic heterocycles. The predicted octanol–water partition coefficient (Wildman–Crippen LogP) is 1.83. The van der Waals surface area contributed by atoms with Gasteiger partial charge in [0.15, 0.2) is 0 Å². The summed E-state index contributed by atoms with van der Waals surface area (Å²) in [6.45, 7) is 5.85. The van der Waals surface area contributed by atoms with Crippen molar-refractivity contribution in [3.63, 3.8) is 0 Å². The Morgan fingerprint density at radius 3 is 2.69 bits per heavy atom. The van der Waals surface area contributed by atoms with Crippen LogP contribution in [0.5, 0.6) is 0 Å². The number of rotatable bonds is 2. The quantitative estimate of drug-likeness (QED) is 0.741. The van der Waals surface area contributed by atoms with Gasteiger partial charge in [-0.25, -0.2) is 4.98 Å². The molecule has 16 heavy (non-hydrogen) atoms. The molecule has 1 aliphatic rings. The molecule has 1 aliphatic heterocycles. The highest BCUT2D eigenvalue weighted by Gasteiger charge is 2.23. The third kappa shape index (κ3) is 2.62. The van der Waals surface area contributed by atoms with Crippen LogP contribution >= 0.6 is 11.6 Å². The third-order valence-electron chi connectivity index (χ3n) is 2.55. The fourth-order valence-corrected chi connectivity index (χ4v) is 2.11. The van der Waals surface area contributed by atoms with Gasteiger partial charge in [0.25, 0.3) is 0 Å². The maximum absolute atomic E-state index is 5.75. The van der Waals surface area contributed by atoms with Crippen LogP contribution in [0, 0.1) is 0 Å². The molecule has 0 saturated carbocycles. The number of hydrogen-bond donors (Lipinski definition) is 0. The Bertz CT molecular complexity index is 351. The van der Waals surface area contributed by atoms with E-state index < -0.39 is 0 Å². The number of aromatic nitrogens is 2. The summed E-state index contributed by atoms with van der Waals surface area (Å²) in [4.78, 5) is 10.8. The Labute approximate surface area is 101 Å². The first kappa shape index (κ1) is 11.6. The van der Waals surface area contributed by atoms with Gasteiger partial charge in [0, 0.05) is 19.3 Å². The molecule has 2 heterocycles. The SMILES string of the molecule is C[C@@H]1CN(c2cncc(CCl)n2)C[C@H](C)O1. The lowest BCUT2D eigenvalue weighted by Crippen LogP contribution is -2.45. The van der Waals surface area contributed by atoms with Gasteiger partial charge in [-0.05, 0) is 13.8 Å². The third-order valence-corrected chi connectivity index (χ3v) is 2.83. The maximum Gasteiger partial charge on any atom is 0.147 e. The number of halogens is 1. The second kappa shape index (κ2) is 4.97. The second-order valence-corrected chi connectivity index (χ2v) is 4.43. The average molecular weight is 242 g/mol. The minimum atomic E-state index is 0.227. The van der Waals surface area contributed by atoms with Crippen molar-refractivity contribution in [2.24, 2.45) is 0 Å². The van der Waals surface area contributed by atoms with E-state index >= 15 is 0 Å². The van der Waals surface area contributed by atoms with E-state index in [0.29, 0.717) is 5.88 Å². The van der Waals surface area contributed by atoms with Crippen molar-refractivity contribution >= 4 is 17.4 Å². The first-order valence-electron chi connectivity index (χ1n) is 5.46. The Kier molecular flexibility index (Phi) is 3.61. The molecule has 0 aromatic carbocycles. The molecule has 0 spiro atoms. The highest BCUT2D eigenvalue weighted by molar-refractivity contribution is 6.16. The van der Waals surface area contributed by atoms with Crippen molar-refractivity contribution in [3.8, 4) is 0 Å². The predicted molar refractivity (Wildman–Crippen MR) is 63.8 cm³/mol. The largest absolute Gasteiger partial charge is 0.372 e. The van der Waals surface area contributed by atoms with E-state index in [9.17, 15) is 0 Å². The second-order valence-electron chi connectivity index (χ2n) is 4.16. The van der Waals surface area contributed by atoms with Crippen LogP contribution in [-0.2, 0) is 10.6 Å². The summed E-state index contributed by atoms with van der Waals surface area (Å²) >= 11 is 5.75. The van der Waals surface area contributed by atoms with Gasteiger partial charge in [-0.3, -0.25) is 4.98 Å². The number of ether oxygens (including phenoxy) is 1. The van der Waals surface area contributed by atoms with Gasteiger partial charge in [-0.1, -0.05) is 0 Å². The molecule has 0 unspecified atom stereocenters. The molecule has 4 nitrogen and oxygen atoms in total. The lowest BCUT2D eigenvalue weighted by Gasteiger charge is -2.35. The summed E-state index contributed by atoms with van der Waals surface area (Å²) in [5.74, 6) is 1.29. The Morgan fingerprint density at radius 2 is 2.06 bits per heavy atom. The lowest BCUT2D eigenvalue weighted by atomic mass is 10.2. The van der Waals surface area contributed by atoms with Gasteiger partial charge in [0.1, 0.15) is 5.82 Å². The zero-order valence-corrected chi connectivity index (χ0v) is 10.3. The number of morpholine rings is 1. The molecule has 1 aromatic rings. The summed E-state index contributed by atoms with van der Waals surface area (Å²) in [5.41, 5.74) is 0.811. The van der Waals surface area contributed by atoms with E-state index in [-0.39, 0.29) is 12.2 Å². The van der Waals surface area contributed by atoms with Crippen LogP contribution < -0.4 is 4.90 Å². The fraction of sp³-hybridized carbons (Fsp3) is 0.636. The van der Waals surface area contributed by atoms with Gasteiger partial charge in [0.05, 0.1) is 30.0 Å². The molecule has 2 atom stereocenters. The molecule has 5 heteroatoms. The van der Waals surface area contributed by atoms with Crippen LogP contribution in [0.2, 0.25) is 0 Å². The number of hydrogen-bond acceptors (Lipinski definition) is 4. The van der Waals surface area contributed by atoms with Gasteiger partial charge in [0.2, 0.25) is 0 Å². The van der Waals surface area contributed by atoms with E-state index in [4.69, 9.17) is 16.3 Å². The summed E-state index contributed by atoms with van der Waals surface area (Å²) in [6.07, 6.45) is 3.93. The van der Waals surface area contributed by atoms with Crippen molar-refractivity contribution in [2.45, 2.75) is 31.9 Å². The normalized spacial score (nSPS) is 25.8. The minimum absolute atomic E-state index is 0.227. The van der Waals surface area contributed by atoms with Gasteiger partial charge in [-0.2, -0.15) is 0 Å². The van der Waals surface area contributed by atoms with E-state index in [0.717, 1.165) is 24.6 Å². The summed E-state index contributed by atoms with van der Waals surface area (Å²) in [7, 11) is 0. The van der Waals surface area contributed by atoms with Crippen LogP contribution in [0.4, 0.5) is 5.82 Å². The number of nitrogens with zero attached hydrogens (tertiary/aromatic N) is 3. The van der Waals surface area contributed by atoms with Crippen molar-refractivity contribution in [3.05, 3.63) is 18.1 Å². The molecule has 0 radical (unpaired) electrons. The van der Waals surface area contributed by atoms with Gasteiger partial charge < -0.3 is 9.64 Å². The Morgan fingerprint density at radius 1 is 1.38 bits per heavy atom. The summed E-state index contributed by atoms with van der Waals surface area (Å²) in [6, 6.07) is 0. The van der Waals surface area contributed by atoms with Crippen LogP contribution in [0.1, 0.15) is 19.5 Å². The van der Waals surface area contributed by atoms with Crippen LogP contribution in [-0.4, -0.2) is 35.3 Å². The molecule has 0 bridgehead atoms. The van der Waals surface area contributed by atoms with Crippen molar-refractivity contribution < 1.29 is 4.74 Å². The molecule has 0 amide bonds. The topological polar surface area (TPSA) is 38.2 Å². The minimum Gasteiger partial charge on any atom is -0.372 e. The summed E-state index contributed by atoms with van der Waals surface area (Å²) < 4.78 is 5.68. The number of alkyl halides is 1. The number of anilines is 1. The first-order chi connectivity index (χ1) is 7.69. The van der Waals surface area contributed by atoms with E-state index in [2.05, 4.69) is 28.7 Å². The molecule has 2 rings (SSSR count). The smallest absolute Gasteiger partial charge is 0.147 e. The molecular weight excluding hydrogens is 226 g/mol. The van der Waals surface area contributed by atoms with Crippen molar-refractivity contribution in [1.82, 2.24) is 9.97 Å². The van der Waals surface area contributed by atoms with Crippen molar-refractivity contribution in [1.29, 1.82) is 0 Å². The summed E-state index contributed by atoms with van der Waals surface area (Å²) in [5, 5.41) is 0. The zero-order valence-electron chi connectivity index (χ0n) is 9.56. The first-order valence-corrected chi connectivity index (χ1v) is 5.99. The molecule has 0 aliphatic carbocycles. The van der Waals surface area contributed by atoms with E-state index in [1.807, 2.05) is 0 Å². The van der Waals surface area contributed by atoms with E-state index in [1.165, 1.54) is 0 Å². The van der Waals surface area contributed by atoms with Crippen LogP contribution in [0.25, 0.3) is 0 Å². The highest BCUT2D eigenvalue weighted by Crippen LogP contribution is 2.17. The van der Waals surface area contributed by atoms with E-state index in [1.54, 1.807) is 12.4 Å². The monoisotopic (exact) mass is 241 g/mol. The fourth-order valence-electron chi connectivity index (χ4n) is 1.98. The van der Waals surface area contributed by atoms with Crippen LogP contribution in [0.3, 0.4) is 0 Å². The zero-order chi connectivity index (χ0) is 11.5. The molecule has 1 saturated heterocycles.